The molecule has 0 saturated heterocycles. The Morgan fingerprint density at radius 1 is 1.58 bits per heavy atom. The van der Waals surface area contributed by atoms with Crippen LogP contribution in [0.25, 0.3) is 0 Å². The third-order valence-electron chi connectivity index (χ3n) is 1.79. The van der Waals surface area contributed by atoms with Gasteiger partial charge in [-0.25, -0.2) is 0 Å². The molecule has 1 aromatic rings. The summed E-state index contributed by atoms with van der Waals surface area (Å²) in [7, 11) is 0. The van der Waals surface area contributed by atoms with Crippen LogP contribution in [-0.2, 0) is 0 Å². The number of hydrogen-bond acceptors (Lipinski definition) is 4. The van der Waals surface area contributed by atoms with E-state index in [1.165, 1.54) is 0 Å². The minimum atomic E-state index is -0.318. The molecule has 1 aliphatic rings. The van der Waals surface area contributed by atoms with Gasteiger partial charge in [0.25, 0.3) is 0 Å². The third-order valence-corrected chi connectivity index (χ3v) is 1.79. The summed E-state index contributed by atoms with van der Waals surface area (Å²) in [5.74, 6) is 0. The Morgan fingerprint density at radius 3 is 3.25 bits per heavy atom. The van der Waals surface area contributed by atoms with Crippen molar-refractivity contribution in [3.63, 3.8) is 0 Å². The van der Waals surface area contributed by atoms with Gasteiger partial charge in [-0.1, -0.05) is 0 Å². The molecular formula is C8H10N4. The van der Waals surface area contributed by atoms with Crippen LogP contribution in [0.5, 0.6) is 0 Å². The summed E-state index contributed by atoms with van der Waals surface area (Å²) in [5.41, 5.74) is 8.58. The second-order valence-electron chi connectivity index (χ2n) is 2.81. The van der Waals surface area contributed by atoms with E-state index in [2.05, 4.69) is 15.3 Å². The maximum absolute atomic E-state index is 5.70. The van der Waals surface area contributed by atoms with Crippen LogP contribution in [-0.4, -0.2) is 11.3 Å². The molecule has 4 heteroatoms. The third kappa shape index (κ3) is 1.06. The minimum Gasteiger partial charge on any atom is -0.345 e. The largest absolute Gasteiger partial charge is 0.345 e. The topological polar surface area (TPSA) is 63.3 Å². The molecule has 1 aromatic heterocycles. The maximum atomic E-state index is 5.70. The lowest BCUT2D eigenvalue weighted by Gasteiger charge is -2.16. The smallest absolute Gasteiger partial charge is 0.143 e. The van der Waals surface area contributed by atoms with Gasteiger partial charge in [0.1, 0.15) is 11.9 Å². The second-order valence-corrected chi connectivity index (χ2v) is 2.81. The summed E-state index contributed by atoms with van der Waals surface area (Å²) in [4.78, 5) is 8.18. The number of rotatable bonds is 0. The number of nitrogens with two attached hydrogens (primary N) is 1. The van der Waals surface area contributed by atoms with Crippen molar-refractivity contribution in [1.82, 2.24) is 4.98 Å². The van der Waals surface area contributed by atoms with Crippen LogP contribution in [0.2, 0.25) is 0 Å². The van der Waals surface area contributed by atoms with Crippen molar-refractivity contribution in [2.75, 3.05) is 5.32 Å². The number of anilines is 1. The number of nitrogens with zero attached hydrogens (tertiary/aromatic N) is 2. The number of hydrogen-bond donors (Lipinski definition) is 2. The summed E-state index contributed by atoms with van der Waals surface area (Å²) < 4.78 is 0. The van der Waals surface area contributed by atoms with Crippen molar-refractivity contribution < 1.29 is 0 Å². The lowest BCUT2D eigenvalue weighted by atomic mass is 10.2. The summed E-state index contributed by atoms with van der Waals surface area (Å²) in [5, 5.41) is 3.00. The van der Waals surface area contributed by atoms with Gasteiger partial charge in [0.05, 0.1) is 12.0 Å². The molecule has 1 atom stereocenters. The average molecular weight is 162 g/mol. The van der Waals surface area contributed by atoms with Gasteiger partial charge in [-0.2, -0.15) is 0 Å². The van der Waals surface area contributed by atoms with Crippen LogP contribution in [0.1, 0.15) is 17.4 Å². The van der Waals surface area contributed by atoms with Crippen molar-refractivity contribution in [2.45, 2.75) is 13.1 Å². The molecule has 4 nitrogen and oxygen atoms in total. The highest BCUT2D eigenvalue weighted by atomic mass is 15.1. The summed E-state index contributed by atoms with van der Waals surface area (Å²) in [6.45, 7) is 1.99. The predicted molar refractivity (Wildman–Crippen MR) is 48.0 cm³/mol. The molecule has 0 bridgehead atoms. The summed E-state index contributed by atoms with van der Waals surface area (Å²) in [6, 6.07) is 2.01. The fraction of sp³-hybridized carbons (Fsp3) is 0.250. The lowest BCUT2D eigenvalue weighted by Crippen LogP contribution is -2.18. The molecule has 0 saturated carbocycles. The van der Waals surface area contributed by atoms with Crippen molar-refractivity contribution in [3.05, 3.63) is 23.5 Å². The molecule has 0 spiro atoms. The van der Waals surface area contributed by atoms with E-state index in [0.29, 0.717) is 0 Å². The predicted octanol–water partition coefficient (Wildman–Crippen LogP) is 0.801. The first-order chi connectivity index (χ1) is 5.77. The van der Waals surface area contributed by atoms with Crippen LogP contribution < -0.4 is 11.1 Å². The van der Waals surface area contributed by atoms with Crippen LogP contribution in [0.3, 0.4) is 0 Å². The average Bonchev–Trinajstić information content (AvgIpc) is 2.04. The first-order valence-corrected chi connectivity index (χ1v) is 3.77. The highest BCUT2D eigenvalue weighted by Crippen LogP contribution is 2.22. The normalized spacial score (nSPS) is 20.0. The van der Waals surface area contributed by atoms with Gasteiger partial charge in [0.2, 0.25) is 0 Å². The van der Waals surface area contributed by atoms with Crippen molar-refractivity contribution >= 4 is 12.0 Å². The fourth-order valence-electron chi connectivity index (χ4n) is 1.19. The standard InChI is InChI=1S/C8H10N4/c1-5-2-6-7(10-3-5)8(9)12-4-11-6/h2-4,8H,9H2,1H3,(H,11,12). The van der Waals surface area contributed by atoms with E-state index < -0.39 is 0 Å². The number of nitrogens with one attached hydrogen (secondary N) is 1. The van der Waals surface area contributed by atoms with Gasteiger partial charge < -0.3 is 11.1 Å². The number of pyridine rings is 1. The van der Waals surface area contributed by atoms with E-state index in [4.69, 9.17) is 5.73 Å². The molecule has 3 N–H and O–H groups in total. The van der Waals surface area contributed by atoms with Gasteiger partial charge in [-0.05, 0) is 18.6 Å². The molecule has 2 rings (SSSR count). The molecule has 0 aromatic carbocycles. The number of fused-ring (bicyclic) bond motifs is 1. The molecule has 12 heavy (non-hydrogen) atoms. The van der Waals surface area contributed by atoms with Crippen molar-refractivity contribution in [2.24, 2.45) is 10.7 Å². The number of aromatic nitrogens is 1. The maximum Gasteiger partial charge on any atom is 0.143 e. The first kappa shape index (κ1) is 7.24. The molecule has 1 aliphatic heterocycles. The molecule has 0 amide bonds. The quantitative estimate of drug-likeness (QED) is 0.593. The SMILES string of the molecule is Cc1cnc2c(c1)NC=NC2N. The van der Waals surface area contributed by atoms with Crippen LogP contribution in [0.15, 0.2) is 17.3 Å². The second kappa shape index (κ2) is 2.57. The molecule has 0 aliphatic carbocycles. The Labute approximate surface area is 70.5 Å². The monoisotopic (exact) mass is 162 g/mol. The summed E-state index contributed by atoms with van der Waals surface area (Å²) >= 11 is 0. The zero-order valence-corrected chi connectivity index (χ0v) is 6.78. The Kier molecular flexibility index (Phi) is 1.55. The van der Waals surface area contributed by atoms with Gasteiger partial charge in [-0.3, -0.25) is 9.98 Å². The van der Waals surface area contributed by atoms with Gasteiger partial charge in [0, 0.05) is 6.20 Å². The van der Waals surface area contributed by atoms with E-state index in [1.807, 2.05) is 13.0 Å². The number of aryl methyl sites for hydroxylation is 1. The van der Waals surface area contributed by atoms with Crippen molar-refractivity contribution in [1.29, 1.82) is 0 Å². The van der Waals surface area contributed by atoms with Crippen molar-refractivity contribution in [3.8, 4) is 0 Å². The minimum absolute atomic E-state index is 0.318. The fourth-order valence-corrected chi connectivity index (χ4v) is 1.19. The first-order valence-electron chi connectivity index (χ1n) is 3.77. The van der Waals surface area contributed by atoms with E-state index in [-0.39, 0.29) is 6.17 Å². The highest BCUT2D eigenvalue weighted by molar-refractivity contribution is 5.79. The van der Waals surface area contributed by atoms with Gasteiger partial charge in [0.15, 0.2) is 0 Å². The zero-order chi connectivity index (χ0) is 8.55. The van der Waals surface area contributed by atoms with Crippen LogP contribution >= 0.6 is 0 Å². The van der Waals surface area contributed by atoms with E-state index in [1.54, 1.807) is 12.5 Å². The molecule has 0 fully saturated rings. The van der Waals surface area contributed by atoms with E-state index in [0.717, 1.165) is 16.9 Å². The Balaban J connectivity index is 2.51. The van der Waals surface area contributed by atoms with Gasteiger partial charge >= 0.3 is 0 Å². The summed E-state index contributed by atoms with van der Waals surface area (Å²) in [6.07, 6.45) is 3.08. The molecule has 2 heterocycles. The van der Waals surface area contributed by atoms with E-state index in [9.17, 15) is 0 Å². The highest BCUT2D eigenvalue weighted by Gasteiger charge is 2.13. The Hall–Kier alpha value is -1.42. The zero-order valence-electron chi connectivity index (χ0n) is 6.78. The molecule has 62 valence electrons. The number of aliphatic imine (C=N–C) groups is 1. The van der Waals surface area contributed by atoms with Crippen LogP contribution in [0, 0.1) is 6.92 Å². The molecular weight excluding hydrogens is 152 g/mol. The van der Waals surface area contributed by atoms with E-state index >= 15 is 0 Å². The van der Waals surface area contributed by atoms with Crippen LogP contribution in [0.4, 0.5) is 5.69 Å². The lowest BCUT2D eigenvalue weighted by molar-refractivity contribution is 0.742. The Morgan fingerprint density at radius 2 is 2.42 bits per heavy atom. The molecule has 0 radical (unpaired) electrons. The van der Waals surface area contributed by atoms with Gasteiger partial charge in [-0.15, -0.1) is 0 Å². The Bertz CT molecular complexity index is 332. The molecule has 1 unspecified atom stereocenters.